The van der Waals surface area contributed by atoms with Gasteiger partial charge in [0.15, 0.2) is 6.61 Å². The molecule has 0 aliphatic carbocycles. The molecule has 1 amide bonds. The van der Waals surface area contributed by atoms with Gasteiger partial charge in [-0.3, -0.25) is 19.3 Å². The third-order valence-corrected chi connectivity index (χ3v) is 4.51. The van der Waals surface area contributed by atoms with Gasteiger partial charge >= 0.3 is 0 Å². The molecular weight excluding hydrogens is 408 g/mol. The fourth-order valence-electron chi connectivity index (χ4n) is 2.86. The predicted octanol–water partition coefficient (Wildman–Crippen LogP) is 4.58. The number of carbonyl (C=O) groups is 1. The van der Waals surface area contributed by atoms with E-state index in [1.165, 1.54) is 12.3 Å². The largest absolute Gasteiger partial charge is 0.484 e. The maximum Gasteiger partial charge on any atom is 0.286 e. The normalized spacial score (nSPS) is 10.7. The monoisotopic (exact) mass is 422 g/mol. The second kappa shape index (κ2) is 8.22. The van der Waals surface area contributed by atoms with Crippen LogP contribution in [-0.2, 0) is 4.79 Å². The van der Waals surface area contributed by atoms with E-state index in [2.05, 4.69) is 10.3 Å². The van der Waals surface area contributed by atoms with Crippen LogP contribution in [0.2, 0.25) is 5.02 Å². The van der Waals surface area contributed by atoms with Crippen LogP contribution < -0.4 is 10.1 Å². The number of imidazole rings is 1. The van der Waals surface area contributed by atoms with Crippen molar-refractivity contribution >= 4 is 34.5 Å². The number of ether oxygens (including phenoxy) is 1. The van der Waals surface area contributed by atoms with Crippen molar-refractivity contribution in [3.8, 4) is 17.0 Å². The van der Waals surface area contributed by atoms with E-state index in [4.69, 9.17) is 16.3 Å². The molecule has 0 fully saturated rings. The number of anilines is 1. The molecule has 4 rings (SSSR count). The van der Waals surface area contributed by atoms with Gasteiger partial charge in [0.2, 0.25) is 0 Å². The summed E-state index contributed by atoms with van der Waals surface area (Å²) >= 11 is 5.89. The highest BCUT2D eigenvalue weighted by Gasteiger charge is 2.10. The number of carbonyl (C=O) groups excluding carboxylic acids is 1. The molecule has 0 unspecified atom stereocenters. The molecule has 8 nitrogen and oxygen atoms in total. The number of benzene rings is 2. The molecule has 150 valence electrons. The first-order valence-corrected chi connectivity index (χ1v) is 9.27. The summed E-state index contributed by atoms with van der Waals surface area (Å²) in [4.78, 5) is 26.9. The lowest BCUT2D eigenvalue weighted by Crippen LogP contribution is -2.20. The van der Waals surface area contributed by atoms with Crippen molar-refractivity contribution in [2.75, 3.05) is 11.9 Å². The fraction of sp³-hybridized carbons (Fsp3) is 0.0476. The van der Waals surface area contributed by atoms with Crippen molar-refractivity contribution in [1.82, 2.24) is 9.38 Å². The number of pyridine rings is 1. The molecule has 0 bridgehead atoms. The molecule has 30 heavy (non-hydrogen) atoms. The summed E-state index contributed by atoms with van der Waals surface area (Å²) < 4.78 is 7.13. The van der Waals surface area contributed by atoms with Crippen LogP contribution in [0.4, 0.5) is 11.4 Å². The molecule has 0 saturated carbocycles. The number of nitro groups is 1. The third-order valence-electron chi connectivity index (χ3n) is 4.27. The summed E-state index contributed by atoms with van der Waals surface area (Å²) in [6, 6.07) is 16.9. The molecule has 4 aromatic rings. The quantitative estimate of drug-likeness (QED) is 0.362. The number of halogens is 1. The minimum absolute atomic E-state index is 0.00810. The van der Waals surface area contributed by atoms with Gasteiger partial charge in [0.1, 0.15) is 11.4 Å². The Morgan fingerprint density at radius 1 is 1.13 bits per heavy atom. The van der Waals surface area contributed by atoms with Gasteiger partial charge in [-0.25, -0.2) is 4.98 Å². The fourth-order valence-corrected chi connectivity index (χ4v) is 3.05. The van der Waals surface area contributed by atoms with E-state index in [1.54, 1.807) is 65.2 Å². The third kappa shape index (κ3) is 4.39. The SMILES string of the molecule is O=C(COc1ccc(-c2cn3cc([N+](=O)[O-])ccc3n2)cc1)Nc1cccc(Cl)c1. The maximum atomic E-state index is 12.0. The van der Waals surface area contributed by atoms with Gasteiger partial charge < -0.3 is 10.1 Å². The van der Waals surface area contributed by atoms with Crippen molar-refractivity contribution in [2.24, 2.45) is 0 Å². The van der Waals surface area contributed by atoms with Crippen LogP contribution in [0.15, 0.2) is 73.1 Å². The smallest absolute Gasteiger partial charge is 0.286 e. The van der Waals surface area contributed by atoms with Crippen molar-refractivity contribution in [2.45, 2.75) is 0 Å². The van der Waals surface area contributed by atoms with Crippen LogP contribution >= 0.6 is 11.6 Å². The first-order valence-electron chi connectivity index (χ1n) is 8.90. The van der Waals surface area contributed by atoms with Crippen molar-refractivity contribution in [3.63, 3.8) is 0 Å². The summed E-state index contributed by atoms with van der Waals surface area (Å²) in [6.45, 7) is -0.149. The zero-order valence-electron chi connectivity index (χ0n) is 15.5. The zero-order chi connectivity index (χ0) is 21.1. The van der Waals surface area contributed by atoms with Crippen molar-refractivity contribution in [1.29, 1.82) is 0 Å². The number of nitrogens with one attached hydrogen (secondary N) is 1. The summed E-state index contributed by atoms with van der Waals surface area (Å²) in [5.74, 6) is 0.225. The van der Waals surface area contributed by atoms with Crippen LogP contribution in [0.3, 0.4) is 0 Å². The molecule has 0 aliphatic rings. The molecular formula is C21H15ClN4O4. The Balaban J connectivity index is 1.41. The van der Waals surface area contributed by atoms with E-state index in [1.807, 2.05) is 0 Å². The Labute approximate surface area is 175 Å². The van der Waals surface area contributed by atoms with Gasteiger partial charge in [0.25, 0.3) is 11.6 Å². The summed E-state index contributed by atoms with van der Waals surface area (Å²) in [5, 5.41) is 14.2. The topological polar surface area (TPSA) is 98.8 Å². The van der Waals surface area contributed by atoms with E-state index in [0.717, 1.165) is 5.56 Å². The van der Waals surface area contributed by atoms with Crippen LogP contribution in [-0.4, -0.2) is 26.8 Å². The summed E-state index contributed by atoms with van der Waals surface area (Å²) in [5.41, 5.74) is 2.68. The predicted molar refractivity (Wildman–Crippen MR) is 113 cm³/mol. The molecule has 0 atom stereocenters. The zero-order valence-corrected chi connectivity index (χ0v) is 16.2. The minimum Gasteiger partial charge on any atom is -0.484 e. The van der Waals surface area contributed by atoms with Gasteiger partial charge in [0.05, 0.1) is 16.8 Å². The van der Waals surface area contributed by atoms with Crippen LogP contribution in [0.5, 0.6) is 5.75 Å². The molecule has 2 aromatic carbocycles. The molecule has 0 aliphatic heterocycles. The Kier molecular flexibility index (Phi) is 5.32. The Hall–Kier alpha value is -3.91. The second-order valence-corrected chi connectivity index (χ2v) is 6.84. The molecule has 0 spiro atoms. The number of aromatic nitrogens is 2. The van der Waals surface area contributed by atoms with Crippen LogP contribution in [0.1, 0.15) is 0 Å². The molecule has 1 N–H and O–H groups in total. The van der Waals surface area contributed by atoms with Crippen molar-refractivity contribution in [3.05, 3.63) is 88.2 Å². The number of hydrogen-bond donors (Lipinski definition) is 1. The molecule has 9 heteroatoms. The highest BCUT2D eigenvalue weighted by molar-refractivity contribution is 6.30. The maximum absolute atomic E-state index is 12.0. The van der Waals surface area contributed by atoms with Gasteiger partial charge in [-0.2, -0.15) is 0 Å². The highest BCUT2D eigenvalue weighted by Crippen LogP contribution is 2.23. The number of rotatable bonds is 6. The Morgan fingerprint density at radius 2 is 1.93 bits per heavy atom. The first-order chi connectivity index (χ1) is 14.5. The molecule has 2 aromatic heterocycles. The average molecular weight is 423 g/mol. The Bertz CT molecular complexity index is 1240. The van der Waals surface area contributed by atoms with E-state index < -0.39 is 4.92 Å². The second-order valence-electron chi connectivity index (χ2n) is 6.41. The number of hydrogen-bond acceptors (Lipinski definition) is 5. The average Bonchev–Trinajstić information content (AvgIpc) is 3.16. The van der Waals surface area contributed by atoms with Crippen LogP contribution in [0.25, 0.3) is 16.9 Å². The molecule has 0 saturated heterocycles. The van der Waals surface area contributed by atoms with Gasteiger partial charge in [-0.1, -0.05) is 17.7 Å². The Morgan fingerprint density at radius 3 is 2.67 bits per heavy atom. The summed E-state index contributed by atoms with van der Waals surface area (Å²) in [7, 11) is 0. The standard InChI is InChI=1S/C21H15ClN4O4/c22-15-2-1-3-16(10-15)23-21(27)13-30-18-7-4-14(5-8-18)19-12-25-11-17(26(28)29)6-9-20(25)24-19/h1-12H,13H2,(H,23,27). The van der Waals surface area contributed by atoms with Gasteiger partial charge in [0, 0.05) is 28.5 Å². The van der Waals surface area contributed by atoms with E-state index in [9.17, 15) is 14.9 Å². The number of fused-ring (bicyclic) bond motifs is 1. The van der Waals surface area contributed by atoms with E-state index in [-0.39, 0.29) is 18.2 Å². The van der Waals surface area contributed by atoms with Gasteiger partial charge in [-0.05, 0) is 48.5 Å². The lowest BCUT2D eigenvalue weighted by molar-refractivity contribution is -0.385. The minimum atomic E-state index is -0.451. The van der Waals surface area contributed by atoms with E-state index >= 15 is 0 Å². The van der Waals surface area contributed by atoms with Crippen LogP contribution in [0, 0.1) is 10.1 Å². The lowest BCUT2D eigenvalue weighted by Gasteiger charge is -2.08. The van der Waals surface area contributed by atoms with Crippen molar-refractivity contribution < 1.29 is 14.5 Å². The molecule has 2 heterocycles. The van der Waals surface area contributed by atoms with Gasteiger partial charge in [-0.15, -0.1) is 0 Å². The van der Waals surface area contributed by atoms with E-state index in [0.29, 0.717) is 27.8 Å². The lowest BCUT2D eigenvalue weighted by atomic mass is 10.2. The summed E-state index contributed by atoms with van der Waals surface area (Å²) in [6.07, 6.45) is 3.14. The molecule has 0 radical (unpaired) electrons. The highest BCUT2D eigenvalue weighted by atomic mass is 35.5. The first kappa shape index (κ1) is 19.4. The number of nitrogens with zero attached hydrogens (tertiary/aromatic N) is 3. The number of amides is 1.